The van der Waals surface area contributed by atoms with Crippen molar-refractivity contribution in [1.82, 2.24) is 5.32 Å². The first-order valence-corrected chi connectivity index (χ1v) is 8.67. The summed E-state index contributed by atoms with van der Waals surface area (Å²) < 4.78 is 11.1. The summed E-state index contributed by atoms with van der Waals surface area (Å²) in [6.45, 7) is 3.71. The van der Waals surface area contributed by atoms with E-state index in [1.165, 1.54) is 0 Å². The van der Waals surface area contributed by atoms with E-state index in [0.29, 0.717) is 5.75 Å². The number of amides is 1. The molecule has 0 aliphatic carbocycles. The second-order valence-electron chi connectivity index (χ2n) is 6.24. The summed E-state index contributed by atoms with van der Waals surface area (Å²) in [5, 5.41) is 5.08. The summed E-state index contributed by atoms with van der Waals surface area (Å²) >= 11 is 0. The molecular weight excluding hydrogens is 326 g/mol. The van der Waals surface area contributed by atoms with Crippen molar-refractivity contribution in [2.75, 3.05) is 7.11 Å². The van der Waals surface area contributed by atoms with Gasteiger partial charge in [0.25, 0.3) is 5.91 Å². The second kappa shape index (κ2) is 7.91. The first-order chi connectivity index (χ1) is 12.6. The van der Waals surface area contributed by atoms with Gasteiger partial charge < -0.3 is 14.8 Å². The fourth-order valence-electron chi connectivity index (χ4n) is 2.85. The average Bonchev–Trinajstić information content (AvgIpc) is 2.68. The molecular formula is C22H23NO3. The Morgan fingerprint density at radius 1 is 0.923 bits per heavy atom. The van der Waals surface area contributed by atoms with Gasteiger partial charge in [0.2, 0.25) is 0 Å². The largest absolute Gasteiger partial charge is 0.497 e. The van der Waals surface area contributed by atoms with Crippen molar-refractivity contribution in [2.24, 2.45) is 0 Å². The predicted octanol–water partition coefficient (Wildman–Crippen LogP) is 4.49. The van der Waals surface area contributed by atoms with Gasteiger partial charge in [-0.15, -0.1) is 0 Å². The van der Waals surface area contributed by atoms with Gasteiger partial charge in [-0.2, -0.15) is 0 Å². The molecule has 4 heteroatoms. The Labute approximate surface area is 153 Å². The van der Waals surface area contributed by atoms with Crippen LogP contribution in [-0.4, -0.2) is 19.1 Å². The van der Waals surface area contributed by atoms with Gasteiger partial charge in [-0.05, 0) is 43.0 Å². The number of ether oxygens (including phenoxy) is 2. The minimum absolute atomic E-state index is 0.119. The zero-order chi connectivity index (χ0) is 18.5. The third-order valence-electron chi connectivity index (χ3n) is 4.40. The summed E-state index contributed by atoms with van der Waals surface area (Å²) in [4.78, 5) is 12.5. The van der Waals surface area contributed by atoms with Gasteiger partial charge in [0.1, 0.15) is 11.5 Å². The number of hydrogen-bond acceptors (Lipinski definition) is 3. The maximum Gasteiger partial charge on any atom is 0.261 e. The van der Waals surface area contributed by atoms with Crippen LogP contribution in [0.15, 0.2) is 66.7 Å². The topological polar surface area (TPSA) is 47.6 Å². The minimum atomic E-state index is -0.596. The maximum atomic E-state index is 12.5. The molecule has 0 saturated heterocycles. The van der Waals surface area contributed by atoms with E-state index >= 15 is 0 Å². The van der Waals surface area contributed by atoms with E-state index < -0.39 is 6.10 Å². The molecule has 1 N–H and O–H groups in total. The first kappa shape index (κ1) is 17.8. The number of hydrogen-bond donors (Lipinski definition) is 1. The molecule has 1 amide bonds. The average molecular weight is 349 g/mol. The molecule has 4 nitrogen and oxygen atoms in total. The Morgan fingerprint density at radius 3 is 2.35 bits per heavy atom. The molecule has 0 unspecified atom stereocenters. The lowest BCUT2D eigenvalue weighted by molar-refractivity contribution is -0.127. The molecule has 0 bridgehead atoms. The number of methoxy groups -OCH3 is 1. The molecule has 0 aliphatic rings. The highest BCUT2D eigenvalue weighted by Gasteiger charge is 2.18. The highest BCUT2D eigenvalue weighted by atomic mass is 16.5. The van der Waals surface area contributed by atoms with Crippen LogP contribution in [-0.2, 0) is 4.79 Å². The summed E-state index contributed by atoms with van der Waals surface area (Å²) in [5.74, 6) is 1.35. The highest BCUT2D eigenvalue weighted by molar-refractivity contribution is 5.89. The van der Waals surface area contributed by atoms with Crippen LogP contribution in [0.3, 0.4) is 0 Å². The molecule has 0 aromatic heterocycles. The van der Waals surface area contributed by atoms with Gasteiger partial charge in [-0.3, -0.25) is 4.79 Å². The zero-order valence-electron chi connectivity index (χ0n) is 15.2. The smallest absolute Gasteiger partial charge is 0.261 e. The van der Waals surface area contributed by atoms with Crippen LogP contribution in [0.25, 0.3) is 10.8 Å². The Hall–Kier alpha value is -3.01. The van der Waals surface area contributed by atoms with E-state index in [-0.39, 0.29) is 11.9 Å². The van der Waals surface area contributed by atoms with Crippen molar-refractivity contribution < 1.29 is 14.3 Å². The van der Waals surface area contributed by atoms with E-state index in [9.17, 15) is 4.79 Å². The molecule has 3 aromatic rings. The maximum absolute atomic E-state index is 12.5. The van der Waals surface area contributed by atoms with Crippen LogP contribution in [0.2, 0.25) is 0 Å². The molecule has 3 rings (SSSR count). The van der Waals surface area contributed by atoms with Gasteiger partial charge in [-0.25, -0.2) is 0 Å². The van der Waals surface area contributed by atoms with Crippen molar-refractivity contribution in [3.63, 3.8) is 0 Å². The molecule has 2 atom stereocenters. The number of carbonyl (C=O) groups is 1. The third kappa shape index (κ3) is 3.97. The fraction of sp³-hybridized carbons (Fsp3) is 0.227. The van der Waals surface area contributed by atoms with Crippen molar-refractivity contribution in [3.8, 4) is 11.5 Å². The van der Waals surface area contributed by atoms with Crippen LogP contribution >= 0.6 is 0 Å². The SMILES string of the molecule is COc1ccc([C@@H](C)NC(=O)[C@H](C)Oc2cccc3ccccc23)cc1. The number of nitrogens with one attached hydrogen (secondary N) is 1. The lowest BCUT2D eigenvalue weighted by Crippen LogP contribution is -2.37. The highest BCUT2D eigenvalue weighted by Crippen LogP contribution is 2.26. The van der Waals surface area contributed by atoms with Gasteiger partial charge in [0.15, 0.2) is 6.10 Å². The Bertz CT molecular complexity index is 884. The van der Waals surface area contributed by atoms with E-state index in [2.05, 4.69) is 5.32 Å². The second-order valence-corrected chi connectivity index (χ2v) is 6.24. The molecule has 3 aromatic carbocycles. The Morgan fingerprint density at radius 2 is 1.62 bits per heavy atom. The Balaban J connectivity index is 1.67. The first-order valence-electron chi connectivity index (χ1n) is 8.67. The molecule has 0 radical (unpaired) electrons. The summed E-state index contributed by atoms with van der Waals surface area (Å²) in [6.07, 6.45) is -0.596. The normalized spacial score (nSPS) is 13.0. The number of fused-ring (bicyclic) bond motifs is 1. The number of benzene rings is 3. The monoisotopic (exact) mass is 349 g/mol. The Kier molecular flexibility index (Phi) is 5.42. The van der Waals surface area contributed by atoms with Crippen molar-refractivity contribution in [3.05, 3.63) is 72.3 Å². The van der Waals surface area contributed by atoms with Crippen molar-refractivity contribution >= 4 is 16.7 Å². The molecule has 0 saturated carbocycles. The van der Waals surface area contributed by atoms with Crippen LogP contribution in [0.4, 0.5) is 0 Å². The predicted molar refractivity (Wildman–Crippen MR) is 104 cm³/mol. The quantitative estimate of drug-likeness (QED) is 0.713. The van der Waals surface area contributed by atoms with Crippen LogP contribution < -0.4 is 14.8 Å². The molecule has 0 heterocycles. The summed E-state index contributed by atoms with van der Waals surface area (Å²) in [6, 6.07) is 21.4. The van der Waals surface area contributed by atoms with Gasteiger partial charge >= 0.3 is 0 Å². The van der Waals surface area contributed by atoms with Gasteiger partial charge in [0, 0.05) is 5.39 Å². The van der Waals surface area contributed by atoms with E-state index in [4.69, 9.17) is 9.47 Å². The summed E-state index contributed by atoms with van der Waals surface area (Å²) in [7, 11) is 1.63. The fourth-order valence-corrected chi connectivity index (χ4v) is 2.85. The number of rotatable bonds is 6. The molecule has 0 fully saturated rings. The van der Waals surface area contributed by atoms with Crippen LogP contribution in [0.5, 0.6) is 11.5 Å². The summed E-state index contributed by atoms with van der Waals surface area (Å²) in [5.41, 5.74) is 1.01. The number of carbonyl (C=O) groups excluding carboxylic acids is 1. The van der Waals surface area contributed by atoms with E-state index in [1.807, 2.05) is 73.7 Å². The standard InChI is InChI=1S/C22H23NO3/c1-15(17-11-13-19(25-3)14-12-17)23-22(24)16(2)26-21-10-6-8-18-7-4-5-9-20(18)21/h4-16H,1-3H3,(H,23,24)/t15-,16+/m1/s1. The molecule has 26 heavy (non-hydrogen) atoms. The van der Waals surface area contributed by atoms with Gasteiger partial charge in [-0.1, -0.05) is 48.5 Å². The minimum Gasteiger partial charge on any atom is -0.497 e. The van der Waals surface area contributed by atoms with Crippen molar-refractivity contribution in [2.45, 2.75) is 26.0 Å². The van der Waals surface area contributed by atoms with Crippen molar-refractivity contribution in [1.29, 1.82) is 0 Å². The molecule has 134 valence electrons. The van der Waals surface area contributed by atoms with Gasteiger partial charge in [0.05, 0.1) is 13.2 Å². The molecule has 0 spiro atoms. The van der Waals surface area contributed by atoms with Crippen LogP contribution in [0, 0.1) is 0 Å². The third-order valence-corrected chi connectivity index (χ3v) is 4.40. The van der Waals surface area contributed by atoms with E-state index in [1.54, 1.807) is 14.0 Å². The lowest BCUT2D eigenvalue weighted by Gasteiger charge is -2.20. The zero-order valence-corrected chi connectivity index (χ0v) is 15.2. The van der Waals surface area contributed by atoms with Crippen LogP contribution in [0.1, 0.15) is 25.5 Å². The molecule has 0 aliphatic heterocycles. The van der Waals surface area contributed by atoms with E-state index in [0.717, 1.165) is 22.1 Å². The lowest BCUT2D eigenvalue weighted by atomic mass is 10.1.